The van der Waals surface area contributed by atoms with Crippen LogP contribution in [0.15, 0.2) is 22.3 Å². The van der Waals surface area contributed by atoms with Crippen LogP contribution >= 0.6 is 15.9 Å². The van der Waals surface area contributed by atoms with Crippen molar-refractivity contribution in [3.05, 3.63) is 27.9 Å². The number of halogens is 1. The van der Waals surface area contributed by atoms with Crippen LogP contribution in [0.2, 0.25) is 0 Å². The molecule has 0 aliphatic carbocycles. The third-order valence-electron chi connectivity index (χ3n) is 4.22. The summed E-state index contributed by atoms with van der Waals surface area (Å²) in [4.78, 5) is 14.6. The van der Waals surface area contributed by atoms with Gasteiger partial charge in [0, 0.05) is 19.0 Å². The number of hydrogen-bond acceptors (Lipinski definition) is 4. The average molecular weight is 352 g/mol. The SMILES string of the molecule is COc1cc(/C=C2/C(=O)C3CCN2CC3)cc(Br)c1OC. The third kappa shape index (κ3) is 2.55. The van der Waals surface area contributed by atoms with E-state index in [0.29, 0.717) is 11.5 Å². The van der Waals surface area contributed by atoms with Crippen LogP contribution in [0, 0.1) is 5.92 Å². The predicted molar refractivity (Wildman–Crippen MR) is 84.5 cm³/mol. The smallest absolute Gasteiger partial charge is 0.182 e. The number of benzene rings is 1. The van der Waals surface area contributed by atoms with Crippen LogP contribution in [0.25, 0.3) is 6.08 Å². The molecule has 3 fully saturated rings. The van der Waals surface area contributed by atoms with Gasteiger partial charge in [-0.3, -0.25) is 4.79 Å². The molecule has 1 aromatic rings. The second-order valence-electron chi connectivity index (χ2n) is 5.39. The molecule has 0 spiro atoms. The first-order valence-electron chi connectivity index (χ1n) is 7.06. The summed E-state index contributed by atoms with van der Waals surface area (Å²) in [6, 6.07) is 3.85. The van der Waals surface area contributed by atoms with E-state index >= 15 is 0 Å². The summed E-state index contributed by atoms with van der Waals surface area (Å²) < 4.78 is 11.5. The van der Waals surface area contributed by atoms with Crippen molar-refractivity contribution in [1.82, 2.24) is 4.90 Å². The van der Waals surface area contributed by atoms with Gasteiger partial charge in [0.15, 0.2) is 17.3 Å². The lowest BCUT2D eigenvalue weighted by Gasteiger charge is -2.41. The van der Waals surface area contributed by atoms with E-state index in [9.17, 15) is 4.79 Å². The van der Waals surface area contributed by atoms with Gasteiger partial charge in [0.05, 0.1) is 24.4 Å². The van der Waals surface area contributed by atoms with E-state index in [1.54, 1.807) is 14.2 Å². The zero-order chi connectivity index (χ0) is 15.0. The average Bonchev–Trinajstić information content (AvgIpc) is 2.50. The summed E-state index contributed by atoms with van der Waals surface area (Å²) in [5, 5.41) is 0. The summed E-state index contributed by atoms with van der Waals surface area (Å²) in [5.74, 6) is 1.81. The molecule has 3 heterocycles. The fourth-order valence-electron chi connectivity index (χ4n) is 3.09. The monoisotopic (exact) mass is 351 g/mol. The van der Waals surface area contributed by atoms with Crippen LogP contribution in [-0.2, 0) is 4.79 Å². The van der Waals surface area contributed by atoms with E-state index in [1.165, 1.54) is 0 Å². The highest BCUT2D eigenvalue weighted by molar-refractivity contribution is 9.10. The van der Waals surface area contributed by atoms with E-state index in [-0.39, 0.29) is 11.7 Å². The Kier molecular flexibility index (Phi) is 3.93. The molecular weight excluding hydrogens is 334 g/mol. The highest BCUT2D eigenvalue weighted by atomic mass is 79.9. The van der Waals surface area contributed by atoms with E-state index < -0.39 is 0 Å². The first-order valence-corrected chi connectivity index (χ1v) is 7.85. The summed E-state index contributed by atoms with van der Waals surface area (Å²) in [6.45, 7) is 1.97. The van der Waals surface area contributed by atoms with Gasteiger partial charge in [-0.25, -0.2) is 0 Å². The van der Waals surface area contributed by atoms with Gasteiger partial charge in [-0.2, -0.15) is 0 Å². The number of hydrogen-bond donors (Lipinski definition) is 0. The fourth-order valence-corrected chi connectivity index (χ4v) is 3.71. The number of allylic oxidation sites excluding steroid dienone is 1. The number of piperidine rings is 3. The van der Waals surface area contributed by atoms with E-state index in [2.05, 4.69) is 20.8 Å². The Balaban J connectivity index is 1.99. The van der Waals surface area contributed by atoms with Gasteiger partial charge < -0.3 is 14.4 Å². The van der Waals surface area contributed by atoms with Gasteiger partial charge in [0.1, 0.15) is 0 Å². The van der Waals surface area contributed by atoms with E-state index in [4.69, 9.17) is 9.47 Å². The minimum Gasteiger partial charge on any atom is -0.493 e. The maximum Gasteiger partial charge on any atom is 0.182 e. The maximum absolute atomic E-state index is 12.4. The minimum absolute atomic E-state index is 0.213. The van der Waals surface area contributed by atoms with Crippen LogP contribution in [0.1, 0.15) is 18.4 Å². The predicted octanol–water partition coefficient (Wildman–Crippen LogP) is 3.10. The molecule has 0 aromatic heterocycles. The van der Waals surface area contributed by atoms with Crippen LogP contribution in [0.4, 0.5) is 0 Å². The highest BCUT2D eigenvalue weighted by Gasteiger charge is 2.36. The van der Waals surface area contributed by atoms with Gasteiger partial charge >= 0.3 is 0 Å². The van der Waals surface area contributed by atoms with E-state index in [0.717, 1.165) is 41.7 Å². The Morgan fingerprint density at radius 1 is 1.24 bits per heavy atom. The fraction of sp³-hybridized carbons (Fsp3) is 0.438. The first-order chi connectivity index (χ1) is 10.1. The number of nitrogens with zero attached hydrogens (tertiary/aromatic N) is 1. The number of ether oxygens (including phenoxy) is 2. The highest BCUT2D eigenvalue weighted by Crippen LogP contribution is 2.38. The van der Waals surface area contributed by atoms with Gasteiger partial charge in [-0.05, 0) is 52.5 Å². The standard InChI is InChI=1S/C16H18BrNO3/c1-20-14-9-10(7-12(17)16(14)21-2)8-13-15(19)11-3-5-18(13)6-4-11/h7-9,11H,3-6H2,1-2H3/b13-8-. The van der Waals surface area contributed by atoms with Crippen LogP contribution in [-0.4, -0.2) is 38.0 Å². The van der Waals surface area contributed by atoms with Crippen molar-refractivity contribution in [2.75, 3.05) is 27.3 Å². The second kappa shape index (κ2) is 5.72. The number of carbonyl (C=O) groups is 1. The topological polar surface area (TPSA) is 38.8 Å². The molecular formula is C16H18BrNO3. The molecule has 3 aliphatic heterocycles. The Labute approximate surface area is 132 Å². The zero-order valence-electron chi connectivity index (χ0n) is 12.2. The summed E-state index contributed by atoms with van der Waals surface area (Å²) >= 11 is 3.49. The summed E-state index contributed by atoms with van der Waals surface area (Å²) in [7, 11) is 3.22. The lowest BCUT2D eigenvalue weighted by atomic mass is 9.84. The van der Waals surface area contributed by atoms with Gasteiger partial charge in [-0.15, -0.1) is 0 Å². The molecule has 4 nitrogen and oxygen atoms in total. The number of Topliss-reactive ketones (excluding diaryl/α,β-unsaturated/α-hetero) is 1. The summed E-state index contributed by atoms with van der Waals surface area (Å²) in [6.07, 6.45) is 3.94. The largest absolute Gasteiger partial charge is 0.493 e. The second-order valence-corrected chi connectivity index (χ2v) is 6.25. The van der Waals surface area contributed by atoms with Gasteiger partial charge in [0.2, 0.25) is 0 Å². The van der Waals surface area contributed by atoms with Crippen molar-refractivity contribution in [2.24, 2.45) is 5.92 Å². The first kappa shape index (κ1) is 14.4. The van der Waals surface area contributed by atoms with Crippen molar-refractivity contribution in [3.63, 3.8) is 0 Å². The van der Waals surface area contributed by atoms with Crippen molar-refractivity contribution in [3.8, 4) is 11.5 Å². The number of ketones is 1. The molecule has 0 saturated carbocycles. The lowest BCUT2D eigenvalue weighted by molar-refractivity contribution is -0.125. The number of fused-ring (bicyclic) bond motifs is 3. The molecule has 3 aliphatic rings. The van der Waals surface area contributed by atoms with Crippen molar-refractivity contribution < 1.29 is 14.3 Å². The third-order valence-corrected chi connectivity index (χ3v) is 4.81. The molecule has 0 radical (unpaired) electrons. The molecule has 112 valence electrons. The van der Waals surface area contributed by atoms with Crippen molar-refractivity contribution >= 4 is 27.8 Å². The molecule has 0 unspecified atom stereocenters. The van der Waals surface area contributed by atoms with Crippen molar-refractivity contribution in [2.45, 2.75) is 12.8 Å². The number of methoxy groups -OCH3 is 2. The van der Waals surface area contributed by atoms with Crippen molar-refractivity contribution in [1.29, 1.82) is 0 Å². The minimum atomic E-state index is 0.213. The van der Waals surface area contributed by atoms with Gasteiger partial charge in [-0.1, -0.05) is 0 Å². The van der Waals surface area contributed by atoms with E-state index in [1.807, 2.05) is 18.2 Å². The van der Waals surface area contributed by atoms with Crippen LogP contribution in [0.5, 0.6) is 11.5 Å². The molecule has 21 heavy (non-hydrogen) atoms. The Bertz CT molecular complexity index is 604. The molecule has 0 atom stereocenters. The molecule has 3 saturated heterocycles. The van der Waals surface area contributed by atoms with Crippen LogP contribution < -0.4 is 9.47 Å². The molecule has 0 N–H and O–H groups in total. The maximum atomic E-state index is 12.4. The van der Waals surface area contributed by atoms with Crippen LogP contribution in [0.3, 0.4) is 0 Å². The zero-order valence-corrected chi connectivity index (χ0v) is 13.8. The molecule has 4 rings (SSSR count). The number of carbonyl (C=O) groups excluding carboxylic acids is 1. The Morgan fingerprint density at radius 2 is 1.95 bits per heavy atom. The molecule has 2 bridgehead atoms. The molecule has 5 heteroatoms. The quantitative estimate of drug-likeness (QED) is 0.784. The summed E-state index contributed by atoms with van der Waals surface area (Å²) in [5.41, 5.74) is 1.77. The Hall–Kier alpha value is -1.49. The molecule has 1 aromatic carbocycles. The number of rotatable bonds is 3. The normalized spacial score (nSPS) is 20.2. The Morgan fingerprint density at radius 3 is 2.52 bits per heavy atom. The lowest BCUT2D eigenvalue weighted by Crippen LogP contribution is -2.45. The molecule has 0 amide bonds. The van der Waals surface area contributed by atoms with Gasteiger partial charge in [0.25, 0.3) is 0 Å².